The topological polar surface area (TPSA) is 23.6 Å². The number of rotatable bonds is 5. The van der Waals surface area contributed by atoms with Crippen LogP contribution in [0, 0.1) is 11.3 Å². The Hall–Kier alpha value is -2.13. The molecule has 0 N–H and O–H groups in total. The molecule has 31 heavy (non-hydrogen) atoms. The monoisotopic (exact) mass is 418 g/mol. The predicted octanol–water partition coefficient (Wildman–Crippen LogP) is 5.90. The van der Waals surface area contributed by atoms with Crippen LogP contribution in [0.1, 0.15) is 63.5 Å². The third kappa shape index (κ3) is 5.20. The Morgan fingerprint density at radius 2 is 1.58 bits per heavy atom. The second-order valence-corrected chi connectivity index (χ2v) is 10.6. The van der Waals surface area contributed by atoms with Crippen molar-refractivity contribution in [2.75, 3.05) is 24.5 Å². The SMILES string of the molecule is CC(C)(C)C1CCC(c2ccccc2N2CCN(Cc3ccccc3)CC2C=O)CC1. The molecule has 2 aliphatic rings. The number of hydrogen-bond donors (Lipinski definition) is 0. The van der Waals surface area contributed by atoms with Gasteiger partial charge in [-0.3, -0.25) is 4.90 Å². The van der Waals surface area contributed by atoms with Gasteiger partial charge in [0.15, 0.2) is 0 Å². The van der Waals surface area contributed by atoms with E-state index in [1.807, 2.05) is 0 Å². The van der Waals surface area contributed by atoms with Gasteiger partial charge < -0.3 is 9.69 Å². The molecule has 166 valence electrons. The lowest BCUT2D eigenvalue weighted by atomic mass is 9.68. The molecule has 0 bridgehead atoms. The molecule has 2 fully saturated rings. The lowest BCUT2D eigenvalue weighted by Crippen LogP contribution is -2.54. The molecule has 1 aliphatic carbocycles. The maximum atomic E-state index is 12.1. The zero-order valence-electron chi connectivity index (χ0n) is 19.5. The van der Waals surface area contributed by atoms with E-state index in [1.54, 1.807) is 0 Å². The second-order valence-electron chi connectivity index (χ2n) is 10.6. The Balaban J connectivity index is 1.47. The molecule has 2 aromatic rings. The highest BCUT2D eigenvalue weighted by atomic mass is 16.1. The summed E-state index contributed by atoms with van der Waals surface area (Å²) < 4.78 is 0. The molecule has 0 radical (unpaired) electrons. The predicted molar refractivity (Wildman–Crippen MR) is 130 cm³/mol. The van der Waals surface area contributed by atoms with Gasteiger partial charge in [-0.25, -0.2) is 0 Å². The van der Waals surface area contributed by atoms with Crippen LogP contribution < -0.4 is 4.90 Å². The lowest BCUT2D eigenvalue weighted by molar-refractivity contribution is -0.109. The van der Waals surface area contributed by atoms with Gasteiger partial charge in [0.1, 0.15) is 6.29 Å². The molecule has 1 atom stereocenters. The third-order valence-corrected chi connectivity index (χ3v) is 7.55. The van der Waals surface area contributed by atoms with Crippen LogP contribution in [0.4, 0.5) is 5.69 Å². The molecule has 0 spiro atoms. The van der Waals surface area contributed by atoms with Crippen molar-refractivity contribution in [1.29, 1.82) is 0 Å². The van der Waals surface area contributed by atoms with Crippen molar-refractivity contribution in [3.8, 4) is 0 Å². The van der Waals surface area contributed by atoms with Crippen LogP contribution in [0.15, 0.2) is 54.6 Å². The van der Waals surface area contributed by atoms with Gasteiger partial charge in [-0.1, -0.05) is 69.3 Å². The Bertz CT molecular complexity index is 849. The molecular formula is C28H38N2O. The molecule has 0 aromatic heterocycles. The van der Waals surface area contributed by atoms with Gasteiger partial charge in [0.2, 0.25) is 0 Å². The third-order valence-electron chi connectivity index (χ3n) is 7.55. The van der Waals surface area contributed by atoms with Crippen LogP contribution in [0.3, 0.4) is 0 Å². The van der Waals surface area contributed by atoms with E-state index in [2.05, 4.69) is 85.2 Å². The van der Waals surface area contributed by atoms with Crippen molar-refractivity contribution >= 4 is 12.0 Å². The van der Waals surface area contributed by atoms with Gasteiger partial charge in [-0.05, 0) is 60.1 Å². The van der Waals surface area contributed by atoms with E-state index in [-0.39, 0.29) is 6.04 Å². The van der Waals surface area contributed by atoms with Gasteiger partial charge >= 0.3 is 0 Å². The summed E-state index contributed by atoms with van der Waals surface area (Å²) in [6, 6.07) is 19.4. The molecule has 3 heteroatoms. The first-order chi connectivity index (χ1) is 15.0. The lowest BCUT2D eigenvalue weighted by Gasteiger charge is -2.43. The molecule has 1 aliphatic heterocycles. The molecule has 0 amide bonds. The first-order valence-electron chi connectivity index (χ1n) is 12.0. The number of para-hydroxylation sites is 1. The zero-order valence-corrected chi connectivity index (χ0v) is 19.5. The molecular weight excluding hydrogens is 380 g/mol. The molecule has 3 nitrogen and oxygen atoms in total. The van der Waals surface area contributed by atoms with E-state index in [1.165, 1.54) is 42.5 Å². The molecule has 2 aromatic carbocycles. The average Bonchev–Trinajstić information content (AvgIpc) is 2.79. The van der Waals surface area contributed by atoms with E-state index < -0.39 is 0 Å². The summed E-state index contributed by atoms with van der Waals surface area (Å²) in [6.07, 6.45) is 6.30. The zero-order chi connectivity index (χ0) is 21.8. The molecule has 1 heterocycles. The highest BCUT2D eigenvalue weighted by Crippen LogP contribution is 2.45. The first kappa shape index (κ1) is 22.1. The second kappa shape index (κ2) is 9.56. The van der Waals surface area contributed by atoms with Gasteiger partial charge in [0, 0.05) is 31.9 Å². The van der Waals surface area contributed by atoms with E-state index in [0.29, 0.717) is 11.3 Å². The Morgan fingerprint density at radius 1 is 0.903 bits per heavy atom. The summed E-state index contributed by atoms with van der Waals surface area (Å²) in [4.78, 5) is 16.9. The van der Waals surface area contributed by atoms with E-state index in [4.69, 9.17) is 0 Å². The highest BCUT2D eigenvalue weighted by molar-refractivity contribution is 5.69. The van der Waals surface area contributed by atoms with Crippen molar-refractivity contribution in [2.45, 2.75) is 65.0 Å². The van der Waals surface area contributed by atoms with Crippen LogP contribution in [0.25, 0.3) is 0 Å². The van der Waals surface area contributed by atoms with E-state index in [0.717, 1.165) is 38.4 Å². The average molecular weight is 419 g/mol. The van der Waals surface area contributed by atoms with Gasteiger partial charge in [-0.15, -0.1) is 0 Å². The van der Waals surface area contributed by atoms with Crippen LogP contribution in [0.2, 0.25) is 0 Å². The minimum atomic E-state index is -0.0791. The summed E-state index contributed by atoms with van der Waals surface area (Å²) in [6.45, 7) is 10.8. The highest BCUT2D eigenvalue weighted by Gasteiger charge is 2.33. The summed E-state index contributed by atoms with van der Waals surface area (Å²) >= 11 is 0. The molecule has 1 saturated heterocycles. The largest absolute Gasteiger partial charge is 0.359 e. The van der Waals surface area contributed by atoms with E-state index >= 15 is 0 Å². The standard InChI is InChI=1S/C28H38N2O/c1-28(2,3)24-15-13-23(14-16-24)26-11-7-8-12-27(26)30-18-17-29(20-25(30)21-31)19-22-9-5-4-6-10-22/h4-12,21,23-25H,13-20H2,1-3H3. The first-order valence-corrected chi connectivity index (χ1v) is 12.0. The molecule has 1 unspecified atom stereocenters. The molecule has 4 rings (SSSR count). The van der Waals surface area contributed by atoms with Gasteiger partial charge in [0.25, 0.3) is 0 Å². The van der Waals surface area contributed by atoms with Crippen LogP contribution >= 0.6 is 0 Å². The summed E-state index contributed by atoms with van der Waals surface area (Å²) in [7, 11) is 0. The van der Waals surface area contributed by atoms with Crippen LogP contribution in [0.5, 0.6) is 0 Å². The Morgan fingerprint density at radius 3 is 2.26 bits per heavy atom. The Labute approximate surface area is 188 Å². The van der Waals surface area contributed by atoms with Crippen molar-refractivity contribution in [3.05, 3.63) is 65.7 Å². The fourth-order valence-electron chi connectivity index (χ4n) is 5.63. The number of carbonyl (C=O) groups is 1. The van der Waals surface area contributed by atoms with Crippen molar-refractivity contribution in [3.63, 3.8) is 0 Å². The van der Waals surface area contributed by atoms with Crippen LogP contribution in [-0.2, 0) is 11.3 Å². The number of nitrogens with zero attached hydrogens (tertiary/aromatic N) is 2. The minimum Gasteiger partial charge on any atom is -0.359 e. The fraction of sp³-hybridized carbons (Fsp3) is 0.536. The quantitative estimate of drug-likeness (QED) is 0.565. The summed E-state index contributed by atoms with van der Waals surface area (Å²) in [5.74, 6) is 1.43. The normalized spacial score (nSPS) is 25.4. The van der Waals surface area contributed by atoms with E-state index in [9.17, 15) is 4.79 Å². The van der Waals surface area contributed by atoms with Crippen LogP contribution in [-0.4, -0.2) is 36.9 Å². The number of carbonyl (C=O) groups excluding carboxylic acids is 1. The minimum absolute atomic E-state index is 0.0791. The number of benzene rings is 2. The smallest absolute Gasteiger partial charge is 0.143 e. The number of hydrogen-bond acceptors (Lipinski definition) is 3. The fourth-order valence-corrected chi connectivity index (χ4v) is 5.63. The van der Waals surface area contributed by atoms with Crippen molar-refractivity contribution in [1.82, 2.24) is 4.90 Å². The Kier molecular flexibility index (Phi) is 6.81. The maximum Gasteiger partial charge on any atom is 0.143 e. The number of piperazine rings is 1. The molecule has 1 saturated carbocycles. The summed E-state index contributed by atoms with van der Waals surface area (Å²) in [5.41, 5.74) is 4.47. The number of anilines is 1. The number of aldehydes is 1. The van der Waals surface area contributed by atoms with Crippen molar-refractivity contribution < 1.29 is 4.79 Å². The van der Waals surface area contributed by atoms with Gasteiger partial charge in [-0.2, -0.15) is 0 Å². The maximum absolute atomic E-state index is 12.1. The summed E-state index contributed by atoms with van der Waals surface area (Å²) in [5, 5.41) is 0. The van der Waals surface area contributed by atoms with Gasteiger partial charge in [0.05, 0.1) is 6.04 Å². The van der Waals surface area contributed by atoms with Crippen molar-refractivity contribution in [2.24, 2.45) is 11.3 Å².